The molecule has 2 saturated carbocycles. The fourth-order valence-electron chi connectivity index (χ4n) is 3.70. The van der Waals surface area contributed by atoms with Crippen molar-refractivity contribution < 1.29 is 0 Å². The molecule has 1 N–H and O–H groups in total. The molecule has 0 aromatic heterocycles. The third-order valence-corrected chi connectivity index (χ3v) is 4.79. The number of hydrogen-bond acceptors (Lipinski definition) is 2. The minimum absolute atomic E-state index is 0.800. The van der Waals surface area contributed by atoms with E-state index in [1.54, 1.807) is 0 Å². The van der Waals surface area contributed by atoms with E-state index in [0.717, 1.165) is 24.0 Å². The number of likely N-dealkylation sites (tertiary alicyclic amines) is 1. The molecule has 0 bridgehead atoms. The molecular formula is C14H26N2. The molecule has 2 aliphatic carbocycles. The van der Waals surface area contributed by atoms with Gasteiger partial charge in [0.2, 0.25) is 0 Å². The summed E-state index contributed by atoms with van der Waals surface area (Å²) in [5, 5.41) is 3.82. The zero-order valence-electron chi connectivity index (χ0n) is 10.6. The Hall–Kier alpha value is -0.0800. The maximum absolute atomic E-state index is 3.82. The van der Waals surface area contributed by atoms with Crippen LogP contribution in [0.25, 0.3) is 0 Å². The summed E-state index contributed by atoms with van der Waals surface area (Å²) < 4.78 is 0. The summed E-state index contributed by atoms with van der Waals surface area (Å²) in [6.07, 6.45) is 10.1. The lowest BCUT2D eigenvalue weighted by Crippen LogP contribution is -2.50. The van der Waals surface area contributed by atoms with Gasteiger partial charge in [-0.3, -0.25) is 4.90 Å². The van der Waals surface area contributed by atoms with Crippen LogP contribution in [0, 0.1) is 5.92 Å². The second kappa shape index (κ2) is 4.66. The molecule has 1 aliphatic heterocycles. The first-order chi connectivity index (χ1) is 7.83. The van der Waals surface area contributed by atoms with Crippen LogP contribution in [0.5, 0.6) is 0 Å². The van der Waals surface area contributed by atoms with Gasteiger partial charge in [0.15, 0.2) is 0 Å². The monoisotopic (exact) mass is 222 g/mol. The third kappa shape index (κ3) is 2.43. The predicted octanol–water partition coefficient (Wildman–Crippen LogP) is 2.39. The van der Waals surface area contributed by atoms with Crippen LogP contribution in [0.15, 0.2) is 0 Å². The molecule has 16 heavy (non-hydrogen) atoms. The lowest BCUT2D eigenvalue weighted by Gasteiger charge is -2.39. The fraction of sp³-hybridized carbons (Fsp3) is 1.00. The van der Waals surface area contributed by atoms with E-state index in [2.05, 4.69) is 17.1 Å². The second-order valence-electron chi connectivity index (χ2n) is 6.25. The molecule has 0 amide bonds. The van der Waals surface area contributed by atoms with Crippen molar-refractivity contribution >= 4 is 0 Å². The lowest BCUT2D eigenvalue weighted by atomic mass is 9.99. The Morgan fingerprint density at radius 2 is 1.81 bits per heavy atom. The Balaban J connectivity index is 1.54. The smallest absolute Gasteiger partial charge is 0.0198 e. The largest absolute Gasteiger partial charge is 0.310 e. The molecule has 0 aromatic carbocycles. The SMILES string of the molecule is CC1CCCC1N1CCCC(NC2CC2)C1. The highest BCUT2D eigenvalue weighted by Crippen LogP contribution is 2.31. The van der Waals surface area contributed by atoms with Crippen LogP contribution in [0.3, 0.4) is 0 Å². The maximum atomic E-state index is 3.82. The van der Waals surface area contributed by atoms with E-state index in [4.69, 9.17) is 0 Å². The molecular weight excluding hydrogens is 196 g/mol. The fourth-order valence-corrected chi connectivity index (χ4v) is 3.70. The highest BCUT2D eigenvalue weighted by atomic mass is 15.2. The van der Waals surface area contributed by atoms with E-state index in [9.17, 15) is 0 Å². The molecule has 3 rings (SSSR count). The van der Waals surface area contributed by atoms with Gasteiger partial charge in [-0.25, -0.2) is 0 Å². The van der Waals surface area contributed by atoms with Crippen LogP contribution >= 0.6 is 0 Å². The third-order valence-electron chi connectivity index (χ3n) is 4.79. The number of nitrogens with zero attached hydrogens (tertiary/aromatic N) is 1. The minimum Gasteiger partial charge on any atom is -0.310 e. The summed E-state index contributed by atoms with van der Waals surface area (Å²) >= 11 is 0. The highest BCUT2D eigenvalue weighted by molar-refractivity contribution is 4.91. The highest BCUT2D eigenvalue weighted by Gasteiger charge is 2.33. The van der Waals surface area contributed by atoms with Crippen LogP contribution in [0.2, 0.25) is 0 Å². The summed E-state index contributed by atoms with van der Waals surface area (Å²) in [6, 6.07) is 2.59. The van der Waals surface area contributed by atoms with Crippen LogP contribution in [-0.4, -0.2) is 36.1 Å². The van der Waals surface area contributed by atoms with Crippen LogP contribution in [-0.2, 0) is 0 Å². The first-order valence-corrected chi connectivity index (χ1v) is 7.33. The normalized spacial score (nSPS) is 41.4. The van der Waals surface area contributed by atoms with Crippen LogP contribution < -0.4 is 5.32 Å². The zero-order chi connectivity index (χ0) is 11.0. The molecule has 2 nitrogen and oxygen atoms in total. The molecule has 2 heteroatoms. The Morgan fingerprint density at radius 1 is 0.938 bits per heavy atom. The number of hydrogen-bond donors (Lipinski definition) is 1. The maximum Gasteiger partial charge on any atom is 0.0198 e. The first kappa shape index (κ1) is 11.0. The number of piperidine rings is 1. The van der Waals surface area contributed by atoms with Crippen LogP contribution in [0.4, 0.5) is 0 Å². The van der Waals surface area contributed by atoms with Gasteiger partial charge >= 0.3 is 0 Å². The van der Waals surface area contributed by atoms with Crippen molar-refractivity contribution in [3.05, 3.63) is 0 Å². The quantitative estimate of drug-likeness (QED) is 0.789. The summed E-state index contributed by atoms with van der Waals surface area (Å²) in [5.74, 6) is 0.944. The van der Waals surface area contributed by atoms with Gasteiger partial charge in [-0.2, -0.15) is 0 Å². The van der Waals surface area contributed by atoms with Crippen molar-refractivity contribution in [3.8, 4) is 0 Å². The Kier molecular flexibility index (Phi) is 3.21. The molecule has 1 heterocycles. The van der Waals surface area contributed by atoms with Crippen molar-refractivity contribution in [2.75, 3.05) is 13.1 Å². The molecule has 3 atom stereocenters. The van der Waals surface area contributed by atoms with Crippen molar-refractivity contribution in [2.45, 2.75) is 70.0 Å². The molecule has 3 aliphatic rings. The van der Waals surface area contributed by atoms with Gasteiger partial charge in [-0.15, -0.1) is 0 Å². The van der Waals surface area contributed by atoms with E-state index < -0.39 is 0 Å². The molecule has 0 radical (unpaired) electrons. The van der Waals surface area contributed by atoms with Crippen molar-refractivity contribution in [1.82, 2.24) is 10.2 Å². The Bertz CT molecular complexity index is 237. The van der Waals surface area contributed by atoms with E-state index in [0.29, 0.717) is 0 Å². The first-order valence-electron chi connectivity index (χ1n) is 7.33. The Morgan fingerprint density at radius 3 is 2.50 bits per heavy atom. The summed E-state index contributed by atoms with van der Waals surface area (Å²) in [4.78, 5) is 2.79. The molecule has 0 aromatic rings. The average Bonchev–Trinajstić information content (AvgIpc) is 2.99. The molecule has 1 saturated heterocycles. The van der Waals surface area contributed by atoms with Gasteiger partial charge in [-0.05, 0) is 51.0 Å². The van der Waals surface area contributed by atoms with E-state index in [1.807, 2.05) is 0 Å². The molecule has 3 fully saturated rings. The van der Waals surface area contributed by atoms with Crippen molar-refractivity contribution in [3.63, 3.8) is 0 Å². The Labute approximate surface area is 99.8 Å². The van der Waals surface area contributed by atoms with Gasteiger partial charge in [0, 0.05) is 24.7 Å². The predicted molar refractivity (Wildman–Crippen MR) is 67.6 cm³/mol. The number of nitrogens with one attached hydrogen (secondary N) is 1. The van der Waals surface area contributed by atoms with Crippen LogP contribution in [0.1, 0.15) is 51.9 Å². The molecule has 3 unspecified atom stereocenters. The molecule has 92 valence electrons. The summed E-state index contributed by atoms with van der Waals surface area (Å²) in [6.45, 7) is 5.14. The van der Waals surface area contributed by atoms with E-state index >= 15 is 0 Å². The van der Waals surface area contributed by atoms with Gasteiger partial charge in [0.25, 0.3) is 0 Å². The van der Waals surface area contributed by atoms with E-state index in [1.165, 1.54) is 58.0 Å². The van der Waals surface area contributed by atoms with Gasteiger partial charge in [-0.1, -0.05) is 13.3 Å². The minimum atomic E-state index is 0.800. The van der Waals surface area contributed by atoms with Crippen molar-refractivity contribution in [2.24, 2.45) is 5.92 Å². The van der Waals surface area contributed by atoms with Gasteiger partial charge in [0.05, 0.1) is 0 Å². The zero-order valence-corrected chi connectivity index (χ0v) is 10.6. The van der Waals surface area contributed by atoms with Crippen molar-refractivity contribution in [1.29, 1.82) is 0 Å². The molecule has 0 spiro atoms. The summed E-state index contributed by atoms with van der Waals surface area (Å²) in [7, 11) is 0. The summed E-state index contributed by atoms with van der Waals surface area (Å²) in [5.41, 5.74) is 0. The van der Waals surface area contributed by atoms with Gasteiger partial charge < -0.3 is 5.32 Å². The number of rotatable bonds is 3. The topological polar surface area (TPSA) is 15.3 Å². The van der Waals surface area contributed by atoms with E-state index in [-0.39, 0.29) is 0 Å². The second-order valence-corrected chi connectivity index (χ2v) is 6.25. The lowest BCUT2D eigenvalue weighted by molar-refractivity contribution is 0.116. The van der Waals surface area contributed by atoms with Gasteiger partial charge in [0.1, 0.15) is 0 Å². The standard InChI is InChI=1S/C14H26N2/c1-11-4-2-6-14(11)16-9-3-5-13(10-16)15-12-7-8-12/h11-15H,2-10H2,1H3. The average molecular weight is 222 g/mol.